The van der Waals surface area contributed by atoms with Crippen molar-refractivity contribution in [1.82, 2.24) is 4.90 Å². The van der Waals surface area contributed by atoms with Crippen molar-refractivity contribution >= 4 is 11.9 Å². The topological polar surface area (TPSA) is 72.6 Å². The van der Waals surface area contributed by atoms with Crippen LogP contribution in [-0.4, -0.2) is 36.5 Å². The summed E-state index contributed by atoms with van der Waals surface area (Å²) in [6.07, 6.45) is 0.589. The van der Waals surface area contributed by atoms with Gasteiger partial charge in [-0.2, -0.15) is 0 Å². The number of benzene rings is 1. The Morgan fingerprint density at radius 2 is 1.86 bits per heavy atom. The number of nitrogens with two attached hydrogens (primary N) is 1. The Labute approximate surface area is 126 Å². The predicted molar refractivity (Wildman–Crippen MR) is 81.3 cm³/mol. The zero-order chi connectivity index (χ0) is 15.8. The second-order valence-electron chi connectivity index (χ2n) is 5.49. The lowest BCUT2D eigenvalue weighted by atomic mass is 10.0. The fourth-order valence-corrected chi connectivity index (χ4v) is 2.08. The van der Waals surface area contributed by atoms with E-state index in [9.17, 15) is 9.59 Å². The molecule has 0 aliphatic carbocycles. The summed E-state index contributed by atoms with van der Waals surface area (Å²) in [5, 5.41) is 0. The third-order valence-corrected chi connectivity index (χ3v) is 3.12. The molecule has 0 saturated carbocycles. The second kappa shape index (κ2) is 8.42. The molecule has 0 aliphatic heterocycles. The van der Waals surface area contributed by atoms with E-state index in [4.69, 9.17) is 5.73 Å². The summed E-state index contributed by atoms with van der Waals surface area (Å²) < 4.78 is 4.66. The van der Waals surface area contributed by atoms with Crippen LogP contribution >= 0.6 is 0 Å². The Kier molecular flexibility index (Phi) is 6.88. The van der Waals surface area contributed by atoms with Crippen molar-refractivity contribution < 1.29 is 14.3 Å². The molecule has 1 aromatic carbocycles. The third kappa shape index (κ3) is 5.95. The van der Waals surface area contributed by atoms with Crippen molar-refractivity contribution in [3.05, 3.63) is 35.9 Å². The second-order valence-corrected chi connectivity index (χ2v) is 5.49. The maximum Gasteiger partial charge on any atom is 0.325 e. The van der Waals surface area contributed by atoms with Crippen molar-refractivity contribution in [2.24, 2.45) is 11.7 Å². The lowest BCUT2D eigenvalue weighted by Gasteiger charge is -2.25. The number of nitrogens with zero attached hydrogens (tertiary/aromatic N) is 1. The van der Waals surface area contributed by atoms with Gasteiger partial charge in [0, 0.05) is 6.54 Å². The van der Waals surface area contributed by atoms with Gasteiger partial charge in [-0.05, 0) is 17.9 Å². The summed E-state index contributed by atoms with van der Waals surface area (Å²) in [5.74, 6) is -0.352. The molecule has 2 N–H and O–H groups in total. The van der Waals surface area contributed by atoms with Crippen molar-refractivity contribution in [2.45, 2.75) is 32.9 Å². The van der Waals surface area contributed by atoms with E-state index < -0.39 is 12.0 Å². The number of ether oxygens (including phenoxy) is 1. The maximum absolute atomic E-state index is 12.4. The van der Waals surface area contributed by atoms with Gasteiger partial charge in [-0.25, -0.2) is 0 Å². The zero-order valence-electron chi connectivity index (χ0n) is 12.9. The van der Waals surface area contributed by atoms with E-state index in [2.05, 4.69) is 4.74 Å². The minimum absolute atomic E-state index is 0.0873. The Hall–Kier alpha value is -1.88. The van der Waals surface area contributed by atoms with Crippen molar-refractivity contribution in [3.63, 3.8) is 0 Å². The number of rotatable bonds is 7. The van der Waals surface area contributed by atoms with Gasteiger partial charge < -0.3 is 15.4 Å². The number of carbonyl (C=O) groups is 2. The van der Waals surface area contributed by atoms with Crippen molar-refractivity contribution in [1.29, 1.82) is 0 Å². The molecule has 1 amide bonds. The molecule has 0 unspecified atom stereocenters. The van der Waals surface area contributed by atoms with Gasteiger partial charge in [0.2, 0.25) is 5.91 Å². The lowest BCUT2D eigenvalue weighted by molar-refractivity contribution is -0.148. The van der Waals surface area contributed by atoms with Gasteiger partial charge in [-0.3, -0.25) is 9.59 Å². The molecule has 0 fully saturated rings. The van der Waals surface area contributed by atoms with E-state index in [-0.39, 0.29) is 12.5 Å². The molecule has 1 atom stereocenters. The summed E-state index contributed by atoms with van der Waals surface area (Å²) in [6, 6.07) is 8.91. The van der Waals surface area contributed by atoms with Crippen LogP contribution < -0.4 is 5.73 Å². The largest absolute Gasteiger partial charge is 0.468 e. The molecule has 1 aromatic rings. The molecule has 5 nitrogen and oxygen atoms in total. The number of esters is 1. The number of carbonyl (C=O) groups excluding carboxylic acids is 2. The normalized spacial score (nSPS) is 12.0. The van der Waals surface area contributed by atoms with E-state index in [0.717, 1.165) is 5.56 Å². The first-order valence-corrected chi connectivity index (χ1v) is 7.09. The minimum atomic E-state index is -0.599. The fraction of sp³-hybridized carbons (Fsp3) is 0.500. The van der Waals surface area contributed by atoms with Crippen molar-refractivity contribution in [3.8, 4) is 0 Å². The van der Waals surface area contributed by atoms with Gasteiger partial charge in [0.05, 0.1) is 13.2 Å². The molecule has 0 aliphatic rings. The van der Waals surface area contributed by atoms with Crippen LogP contribution in [0.25, 0.3) is 0 Å². The Morgan fingerprint density at radius 1 is 1.24 bits per heavy atom. The molecule has 116 valence electrons. The van der Waals surface area contributed by atoms with Crippen LogP contribution in [0.2, 0.25) is 0 Å². The third-order valence-electron chi connectivity index (χ3n) is 3.12. The molecule has 0 bridgehead atoms. The van der Waals surface area contributed by atoms with E-state index >= 15 is 0 Å². The summed E-state index contributed by atoms with van der Waals surface area (Å²) in [5.41, 5.74) is 6.90. The molecular formula is C16H24N2O3. The fourth-order valence-electron chi connectivity index (χ4n) is 2.08. The first-order valence-electron chi connectivity index (χ1n) is 7.09. The summed E-state index contributed by atoms with van der Waals surface area (Å²) >= 11 is 0. The van der Waals surface area contributed by atoms with Gasteiger partial charge in [0.1, 0.15) is 6.54 Å². The van der Waals surface area contributed by atoms with Gasteiger partial charge in [-0.15, -0.1) is 0 Å². The van der Waals surface area contributed by atoms with E-state index in [1.807, 2.05) is 44.2 Å². The molecule has 0 aromatic heterocycles. The molecule has 21 heavy (non-hydrogen) atoms. The lowest BCUT2D eigenvalue weighted by Crippen LogP contribution is -2.46. The molecule has 5 heteroatoms. The molecule has 0 radical (unpaired) electrons. The SMILES string of the molecule is COC(=O)CN(Cc1ccccc1)C(=O)[C@@H](N)CC(C)C. The van der Waals surface area contributed by atoms with E-state index in [1.54, 1.807) is 0 Å². The minimum Gasteiger partial charge on any atom is -0.468 e. The van der Waals surface area contributed by atoms with Crippen molar-refractivity contribution in [2.75, 3.05) is 13.7 Å². The molecule has 1 rings (SSSR count). The summed E-state index contributed by atoms with van der Waals surface area (Å²) in [7, 11) is 1.31. The van der Waals surface area contributed by atoms with Crippen LogP contribution in [0.1, 0.15) is 25.8 Å². The first kappa shape index (κ1) is 17.2. The van der Waals surface area contributed by atoms with Gasteiger partial charge in [0.25, 0.3) is 0 Å². The monoisotopic (exact) mass is 292 g/mol. The van der Waals surface area contributed by atoms with E-state index in [1.165, 1.54) is 12.0 Å². The number of amides is 1. The Bertz CT molecular complexity index is 460. The highest BCUT2D eigenvalue weighted by Gasteiger charge is 2.24. The average Bonchev–Trinajstić information content (AvgIpc) is 2.46. The highest BCUT2D eigenvalue weighted by atomic mass is 16.5. The smallest absolute Gasteiger partial charge is 0.325 e. The van der Waals surface area contributed by atoms with Crippen LogP contribution in [0, 0.1) is 5.92 Å². The summed E-state index contributed by atoms with van der Waals surface area (Å²) in [6.45, 7) is 4.28. The molecule has 0 heterocycles. The van der Waals surface area contributed by atoms with Crippen LogP contribution in [0.3, 0.4) is 0 Å². The van der Waals surface area contributed by atoms with Gasteiger partial charge in [0.15, 0.2) is 0 Å². The van der Waals surface area contributed by atoms with Gasteiger partial charge in [-0.1, -0.05) is 44.2 Å². The van der Waals surface area contributed by atoms with Crippen LogP contribution in [-0.2, 0) is 20.9 Å². The molecular weight excluding hydrogens is 268 g/mol. The average molecular weight is 292 g/mol. The number of hydrogen-bond acceptors (Lipinski definition) is 4. The van der Waals surface area contributed by atoms with E-state index in [0.29, 0.717) is 18.9 Å². The number of methoxy groups -OCH3 is 1. The summed E-state index contributed by atoms with van der Waals surface area (Å²) in [4.78, 5) is 25.4. The Balaban J connectivity index is 2.81. The standard InChI is InChI=1S/C16H24N2O3/c1-12(2)9-14(17)16(20)18(11-15(19)21-3)10-13-7-5-4-6-8-13/h4-8,12,14H,9-11,17H2,1-3H3/t14-/m0/s1. The quantitative estimate of drug-likeness (QED) is 0.774. The molecule has 0 saturated heterocycles. The first-order chi connectivity index (χ1) is 9.93. The molecule has 0 spiro atoms. The van der Waals surface area contributed by atoms with Gasteiger partial charge >= 0.3 is 5.97 Å². The number of hydrogen-bond donors (Lipinski definition) is 1. The van der Waals surface area contributed by atoms with Crippen LogP contribution in [0.4, 0.5) is 0 Å². The highest BCUT2D eigenvalue weighted by Crippen LogP contribution is 2.10. The zero-order valence-corrected chi connectivity index (χ0v) is 12.9. The maximum atomic E-state index is 12.4. The van der Waals surface area contributed by atoms with Crippen LogP contribution in [0.5, 0.6) is 0 Å². The Morgan fingerprint density at radius 3 is 2.38 bits per heavy atom. The predicted octanol–water partition coefficient (Wildman–Crippen LogP) is 1.56. The van der Waals surface area contributed by atoms with Crippen LogP contribution in [0.15, 0.2) is 30.3 Å². The highest BCUT2D eigenvalue weighted by molar-refractivity contribution is 5.85.